The monoisotopic (exact) mass is 747 g/mol. The van der Waals surface area contributed by atoms with Crippen molar-refractivity contribution in [3.05, 3.63) is 200 Å². The van der Waals surface area contributed by atoms with E-state index >= 15 is 0 Å². The van der Waals surface area contributed by atoms with Gasteiger partial charge in [-0.3, -0.25) is 0 Å². The first-order chi connectivity index (χ1) is 27.7. The summed E-state index contributed by atoms with van der Waals surface area (Å²) in [5.74, 6) is 0. The fourth-order valence-electron chi connectivity index (χ4n) is 8.12. The van der Waals surface area contributed by atoms with Gasteiger partial charge in [0, 0.05) is 51.5 Å². The quantitative estimate of drug-likeness (QED) is 0.165. The lowest BCUT2D eigenvalue weighted by molar-refractivity contribution is 1.32. The van der Waals surface area contributed by atoms with Gasteiger partial charge in [-0.2, -0.15) is 0 Å². The highest BCUT2D eigenvalue weighted by Crippen LogP contribution is 2.43. The standard InChI is InChI=1S/C53H33NS2/c1-2-12-36(13-3-1)48-32-41(43-21-11-23-47-45-19-5-7-25-51(45)56-53(43)47)33-49(54-48)40-17-9-15-38(31-40)35-28-26-34(27-29-35)37-14-8-16-39(30-37)42-20-10-22-46-44-18-4-6-24-50(44)55-52(42)46/h1-33H. The molecule has 0 bridgehead atoms. The molecule has 0 saturated carbocycles. The van der Waals surface area contributed by atoms with E-state index in [1.54, 1.807) is 0 Å². The van der Waals surface area contributed by atoms with Crippen molar-refractivity contribution in [2.24, 2.45) is 0 Å². The SMILES string of the molecule is c1ccc(-c2cc(-c3cccc4c3sc3ccccc34)cc(-c3cccc(-c4ccc(-c5cccc(-c6cccc7c6sc6ccccc67)c5)cc4)c3)n2)cc1. The van der Waals surface area contributed by atoms with E-state index in [2.05, 4.69) is 200 Å². The molecule has 0 unspecified atom stereocenters. The lowest BCUT2D eigenvalue weighted by Gasteiger charge is -2.12. The number of fused-ring (bicyclic) bond motifs is 6. The minimum absolute atomic E-state index is 0.961. The van der Waals surface area contributed by atoms with E-state index in [-0.39, 0.29) is 0 Å². The van der Waals surface area contributed by atoms with Crippen LogP contribution in [0.1, 0.15) is 0 Å². The molecule has 3 aromatic heterocycles. The zero-order chi connectivity index (χ0) is 37.0. The van der Waals surface area contributed by atoms with Crippen LogP contribution in [0.3, 0.4) is 0 Å². The maximum Gasteiger partial charge on any atom is 0.0715 e. The van der Waals surface area contributed by atoms with Crippen LogP contribution in [0.15, 0.2) is 200 Å². The number of pyridine rings is 1. The van der Waals surface area contributed by atoms with Crippen molar-refractivity contribution < 1.29 is 0 Å². The summed E-state index contributed by atoms with van der Waals surface area (Å²) in [6.45, 7) is 0. The minimum Gasteiger partial charge on any atom is -0.248 e. The Morgan fingerprint density at radius 2 is 0.696 bits per heavy atom. The van der Waals surface area contributed by atoms with E-state index in [9.17, 15) is 0 Å². The number of hydrogen-bond donors (Lipinski definition) is 0. The molecular formula is C53H33NS2. The summed E-state index contributed by atoms with van der Waals surface area (Å²) in [4.78, 5) is 5.28. The van der Waals surface area contributed by atoms with Gasteiger partial charge in [0.05, 0.1) is 11.4 Å². The Hall–Kier alpha value is -6.65. The zero-order valence-electron chi connectivity index (χ0n) is 30.3. The fraction of sp³-hybridized carbons (Fsp3) is 0. The van der Waals surface area contributed by atoms with Crippen LogP contribution in [0, 0.1) is 0 Å². The Morgan fingerprint density at radius 1 is 0.268 bits per heavy atom. The Balaban J connectivity index is 0.954. The van der Waals surface area contributed by atoms with E-state index in [4.69, 9.17) is 4.98 Å². The fourth-order valence-corrected chi connectivity index (χ4v) is 10.6. The smallest absolute Gasteiger partial charge is 0.0715 e. The van der Waals surface area contributed by atoms with Gasteiger partial charge in [-0.05, 0) is 80.9 Å². The van der Waals surface area contributed by atoms with Crippen molar-refractivity contribution in [2.75, 3.05) is 0 Å². The van der Waals surface area contributed by atoms with Gasteiger partial charge in [0.2, 0.25) is 0 Å². The number of benzene rings is 8. The molecule has 0 spiro atoms. The first-order valence-electron chi connectivity index (χ1n) is 18.9. The second-order valence-electron chi connectivity index (χ2n) is 14.3. The van der Waals surface area contributed by atoms with Crippen molar-refractivity contribution in [1.82, 2.24) is 4.98 Å². The van der Waals surface area contributed by atoms with Crippen LogP contribution >= 0.6 is 22.7 Å². The third-order valence-corrected chi connectivity index (χ3v) is 13.3. The van der Waals surface area contributed by atoms with Gasteiger partial charge in [0.25, 0.3) is 0 Å². The molecule has 56 heavy (non-hydrogen) atoms. The first-order valence-corrected chi connectivity index (χ1v) is 20.6. The molecule has 8 aromatic carbocycles. The second kappa shape index (κ2) is 13.6. The summed E-state index contributed by atoms with van der Waals surface area (Å²) < 4.78 is 5.29. The molecular weight excluding hydrogens is 715 g/mol. The van der Waals surface area contributed by atoms with Crippen LogP contribution in [0.2, 0.25) is 0 Å². The maximum absolute atomic E-state index is 5.28. The molecule has 3 heteroatoms. The number of aromatic nitrogens is 1. The highest BCUT2D eigenvalue weighted by Gasteiger charge is 2.15. The molecule has 0 fully saturated rings. The molecule has 0 aliphatic heterocycles. The Kier molecular flexibility index (Phi) is 7.94. The van der Waals surface area contributed by atoms with Crippen LogP contribution in [0.5, 0.6) is 0 Å². The zero-order valence-corrected chi connectivity index (χ0v) is 31.9. The van der Waals surface area contributed by atoms with Crippen LogP contribution in [-0.4, -0.2) is 4.98 Å². The van der Waals surface area contributed by atoms with Crippen molar-refractivity contribution in [3.8, 4) is 67.0 Å². The highest BCUT2D eigenvalue weighted by atomic mass is 32.1. The van der Waals surface area contributed by atoms with Gasteiger partial charge in [-0.25, -0.2) is 4.98 Å². The summed E-state index contributed by atoms with van der Waals surface area (Å²) in [6.07, 6.45) is 0. The topological polar surface area (TPSA) is 12.9 Å². The van der Waals surface area contributed by atoms with Gasteiger partial charge in [0.15, 0.2) is 0 Å². The molecule has 0 saturated heterocycles. The summed E-state index contributed by atoms with van der Waals surface area (Å²) in [5, 5.41) is 5.26. The lowest BCUT2D eigenvalue weighted by Crippen LogP contribution is -1.92. The van der Waals surface area contributed by atoms with Crippen LogP contribution < -0.4 is 0 Å². The number of nitrogens with zero attached hydrogens (tertiary/aromatic N) is 1. The predicted molar refractivity (Wildman–Crippen MR) is 243 cm³/mol. The Labute approximate surface area is 333 Å². The normalized spacial score (nSPS) is 11.6. The van der Waals surface area contributed by atoms with E-state index in [1.165, 1.54) is 84.9 Å². The molecule has 0 aliphatic carbocycles. The summed E-state index contributed by atoms with van der Waals surface area (Å²) in [5.41, 5.74) is 13.8. The van der Waals surface area contributed by atoms with Gasteiger partial charge in [-0.15, -0.1) is 22.7 Å². The average molecular weight is 748 g/mol. The molecule has 1 nitrogen and oxygen atoms in total. The van der Waals surface area contributed by atoms with E-state index < -0.39 is 0 Å². The average Bonchev–Trinajstić information content (AvgIpc) is 3.86. The van der Waals surface area contributed by atoms with Gasteiger partial charge in [0.1, 0.15) is 0 Å². The molecule has 0 atom stereocenters. The van der Waals surface area contributed by atoms with Crippen molar-refractivity contribution in [1.29, 1.82) is 0 Å². The van der Waals surface area contributed by atoms with Crippen LogP contribution in [-0.2, 0) is 0 Å². The third kappa shape index (κ3) is 5.72. The third-order valence-electron chi connectivity index (χ3n) is 10.9. The van der Waals surface area contributed by atoms with Gasteiger partial charge in [-0.1, -0.05) is 164 Å². The number of thiophene rings is 2. The lowest BCUT2D eigenvalue weighted by atomic mass is 9.95. The van der Waals surface area contributed by atoms with E-state index in [1.807, 2.05) is 22.7 Å². The molecule has 0 aliphatic rings. The molecule has 0 radical (unpaired) electrons. The van der Waals surface area contributed by atoms with E-state index in [0.29, 0.717) is 0 Å². The van der Waals surface area contributed by atoms with E-state index in [0.717, 1.165) is 22.5 Å². The molecule has 3 heterocycles. The molecule has 0 N–H and O–H groups in total. The van der Waals surface area contributed by atoms with Crippen LogP contribution in [0.4, 0.5) is 0 Å². The molecule has 262 valence electrons. The van der Waals surface area contributed by atoms with Gasteiger partial charge < -0.3 is 0 Å². The second-order valence-corrected chi connectivity index (χ2v) is 16.4. The minimum atomic E-state index is 0.961. The molecule has 0 amide bonds. The Bertz CT molecular complexity index is 3240. The summed E-state index contributed by atoms with van der Waals surface area (Å²) in [7, 11) is 0. The largest absolute Gasteiger partial charge is 0.248 e. The first kappa shape index (κ1) is 32.8. The number of hydrogen-bond acceptors (Lipinski definition) is 3. The highest BCUT2D eigenvalue weighted by molar-refractivity contribution is 7.26. The van der Waals surface area contributed by atoms with Crippen molar-refractivity contribution >= 4 is 63.0 Å². The number of rotatable bonds is 6. The summed E-state index contributed by atoms with van der Waals surface area (Å²) >= 11 is 3.75. The molecule has 11 rings (SSSR count). The van der Waals surface area contributed by atoms with Crippen molar-refractivity contribution in [3.63, 3.8) is 0 Å². The van der Waals surface area contributed by atoms with Gasteiger partial charge >= 0.3 is 0 Å². The maximum atomic E-state index is 5.28. The summed E-state index contributed by atoms with van der Waals surface area (Å²) in [6, 6.07) is 72.6. The Morgan fingerprint density at radius 3 is 1.30 bits per heavy atom. The van der Waals surface area contributed by atoms with Crippen LogP contribution in [0.25, 0.3) is 107 Å². The van der Waals surface area contributed by atoms with Crippen molar-refractivity contribution in [2.45, 2.75) is 0 Å². The molecule has 11 aromatic rings. The predicted octanol–water partition coefficient (Wildman–Crippen LogP) is 15.8.